The van der Waals surface area contributed by atoms with Crippen LogP contribution in [0.5, 0.6) is 0 Å². The summed E-state index contributed by atoms with van der Waals surface area (Å²) in [6, 6.07) is 9.13. The largest absolute Gasteiger partial charge is 0.378 e. The van der Waals surface area contributed by atoms with Crippen LogP contribution < -0.4 is 10.6 Å². The molecule has 0 radical (unpaired) electrons. The Morgan fingerprint density at radius 3 is 2.72 bits per heavy atom. The van der Waals surface area contributed by atoms with Crippen LogP contribution in [-0.4, -0.2) is 30.1 Å². The standard InChI is InChI=1S/C13H18N2O2.ClH/c16-12(10-5-2-1-3-6-10)13(17)15-11-7-4-8-14-9-11;/h1-3,5-6,11-12,14,16H,4,7-9H2,(H,15,17);1H. The van der Waals surface area contributed by atoms with Crippen molar-refractivity contribution in [1.29, 1.82) is 0 Å². The van der Waals surface area contributed by atoms with Crippen LogP contribution in [0, 0.1) is 0 Å². The molecule has 1 aliphatic heterocycles. The van der Waals surface area contributed by atoms with Crippen LogP contribution in [0.25, 0.3) is 0 Å². The van der Waals surface area contributed by atoms with Gasteiger partial charge in [-0.25, -0.2) is 0 Å². The minimum Gasteiger partial charge on any atom is -0.378 e. The molecule has 18 heavy (non-hydrogen) atoms. The van der Waals surface area contributed by atoms with Gasteiger partial charge >= 0.3 is 0 Å². The fraction of sp³-hybridized carbons (Fsp3) is 0.462. The quantitative estimate of drug-likeness (QED) is 0.768. The van der Waals surface area contributed by atoms with Gasteiger partial charge in [-0.15, -0.1) is 12.4 Å². The molecule has 1 amide bonds. The second-order valence-electron chi connectivity index (χ2n) is 4.37. The maximum atomic E-state index is 11.8. The van der Waals surface area contributed by atoms with E-state index in [9.17, 15) is 9.90 Å². The Balaban J connectivity index is 0.00000162. The summed E-state index contributed by atoms with van der Waals surface area (Å²) < 4.78 is 0. The van der Waals surface area contributed by atoms with Gasteiger partial charge in [-0.3, -0.25) is 4.79 Å². The number of piperidine rings is 1. The third kappa shape index (κ3) is 3.98. The third-order valence-electron chi connectivity index (χ3n) is 3.01. The van der Waals surface area contributed by atoms with E-state index < -0.39 is 6.10 Å². The van der Waals surface area contributed by atoms with Gasteiger partial charge in [-0.2, -0.15) is 0 Å². The maximum Gasteiger partial charge on any atom is 0.253 e. The highest BCUT2D eigenvalue weighted by atomic mass is 35.5. The number of aliphatic hydroxyl groups is 1. The average Bonchev–Trinajstić information content (AvgIpc) is 2.40. The molecule has 3 N–H and O–H groups in total. The minimum atomic E-state index is -1.07. The number of amides is 1. The van der Waals surface area contributed by atoms with Crippen molar-refractivity contribution in [1.82, 2.24) is 10.6 Å². The number of aliphatic hydroxyl groups excluding tert-OH is 1. The third-order valence-corrected chi connectivity index (χ3v) is 3.01. The zero-order chi connectivity index (χ0) is 12.1. The van der Waals surface area contributed by atoms with E-state index in [-0.39, 0.29) is 24.4 Å². The lowest BCUT2D eigenvalue weighted by Crippen LogP contribution is -2.47. The van der Waals surface area contributed by atoms with Crippen LogP contribution in [0.4, 0.5) is 0 Å². The van der Waals surface area contributed by atoms with Crippen molar-refractivity contribution in [3.05, 3.63) is 35.9 Å². The summed E-state index contributed by atoms with van der Waals surface area (Å²) in [6.07, 6.45) is 0.963. The fourth-order valence-corrected chi connectivity index (χ4v) is 2.04. The summed E-state index contributed by atoms with van der Waals surface area (Å²) >= 11 is 0. The molecule has 100 valence electrons. The van der Waals surface area contributed by atoms with E-state index in [1.165, 1.54) is 0 Å². The van der Waals surface area contributed by atoms with Crippen LogP contribution in [0.1, 0.15) is 24.5 Å². The highest BCUT2D eigenvalue weighted by Crippen LogP contribution is 2.13. The zero-order valence-electron chi connectivity index (χ0n) is 10.1. The highest BCUT2D eigenvalue weighted by molar-refractivity contribution is 5.85. The lowest BCUT2D eigenvalue weighted by atomic mass is 10.1. The molecular formula is C13H19ClN2O2. The Bertz CT molecular complexity index is 367. The van der Waals surface area contributed by atoms with E-state index in [1.807, 2.05) is 18.2 Å². The van der Waals surface area contributed by atoms with Crippen molar-refractivity contribution in [3.63, 3.8) is 0 Å². The molecule has 5 heteroatoms. The summed E-state index contributed by atoms with van der Waals surface area (Å²) in [5.41, 5.74) is 0.633. The van der Waals surface area contributed by atoms with Gasteiger partial charge in [0.05, 0.1) is 0 Å². The van der Waals surface area contributed by atoms with Gasteiger partial charge in [0.25, 0.3) is 5.91 Å². The van der Waals surface area contributed by atoms with Crippen LogP contribution in [0.3, 0.4) is 0 Å². The number of halogens is 1. The molecule has 2 atom stereocenters. The lowest BCUT2D eigenvalue weighted by molar-refractivity contribution is -0.130. The molecule has 2 rings (SSSR count). The normalized spacial score (nSPS) is 20.6. The molecule has 0 aliphatic carbocycles. The van der Waals surface area contributed by atoms with Gasteiger partial charge in [-0.05, 0) is 24.9 Å². The molecule has 1 aliphatic rings. The lowest BCUT2D eigenvalue weighted by Gasteiger charge is -2.25. The predicted molar refractivity (Wildman–Crippen MR) is 72.7 cm³/mol. The SMILES string of the molecule is Cl.O=C(NC1CCCNC1)C(O)c1ccccc1. The van der Waals surface area contributed by atoms with Crippen LogP contribution in [-0.2, 0) is 4.79 Å². The van der Waals surface area contributed by atoms with Crippen molar-refractivity contribution in [2.75, 3.05) is 13.1 Å². The molecule has 0 aromatic heterocycles. The Kier molecular flexibility index (Phi) is 6.12. The second kappa shape index (κ2) is 7.36. The van der Waals surface area contributed by atoms with Crippen molar-refractivity contribution in [3.8, 4) is 0 Å². The van der Waals surface area contributed by atoms with Crippen molar-refractivity contribution < 1.29 is 9.90 Å². The molecule has 2 unspecified atom stereocenters. The highest BCUT2D eigenvalue weighted by Gasteiger charge is 2.21. The van der Waals surface area contributed by atoms with Crippen molar-refractivity contribution in [2.45, 2.75) is 25.0 Å². The summed E-state index contributed by atoms with van der Waals surface area (Å²) in [5.74, 6) is -0.315. The Hall–Kier alpha value is -1.10. The molecule has 0 saturated carbocycles. The maximum absolute atomic E-state index is 11.8. The first-order valence-electron chi connectivity index (χ1n) is 6.01. The molecule has 1 aromatic carbocycles. The van der Waals surface area contributed by atoms with Crippen LogP contribution in [0.15, 0.2) is 30.3 Å². The van der Waals surface area contributed by atoms with Gasteiger partial charge in [0.1, 0.15) is 0 Å². The topological polar surface area (TPSA) is 61.4 Å². The Labute approximate surface area is 113 Å². The molecule has 1 fully saturated rings. The second-order valence-corrected chi connectivity index (χ2v) is 4.37. The first-order valence-corrected chi connectivity index (χ1v) is 6.01. The summed E-state index contributed by atoms with van der Waals surface area (Å²) in [5, 5.41) is 16.0. The number of carbonyl (C=O) groups excluding carboxylic acids is 1. The van der Waals surface area contributed by atoms with E-state index in [0.29, 0.717) is 5.56 Å². The number of benzene rings is 1. The molecule has 0 bridgehead atoms. The number of nitrogens with one attached hydrogen (secondary N) is 2. The van der Waals surface area contributed by atoms with E-state index in [4.69, 9.17) is 0 Å². The van der Waals surface area contributed by atoms with Gasteiger partial charge in [-0.1, -0.05) is 30.3 Å². The molecule has 4 nitrogen and oxygen atoms in total. The zero-order valence-corrected chi connectivity index (χ0v) is 11.0. The minimum absolute atomic E-state index is 0. The molecule has 1 aromatic rings. The monoisotopic (exact) mass is 270 g/mol. The van der Waals surface area contributed by atoms with Gasteiger partial charge in [0, 0.05) is 12.6 Å². The average molecular weight is 271 g/mol. The van der Waals surface area contributed by atoms with E-state index in [2.05, 4.69) is 10.6 Å². The summed E-state index contributed by atoms with van der Waals surface area (Å²) in [4.78, 5) is 11.8. The van der Waals surface area contributed by atoms with Crippen molar-refractivity contribution >= 4 is 18.3 Å². The smallest absolute Gasteiger partial charge is 0.253 e. The molecular weight excluding hydrogens is 252 g/mol. The fourth-order valence-electron chi connectivity index (χ4n) is 2.04. The number of carbonyl (C=O) groups is 1. The first-order chi connectivity index (χ1) is 8.27. The van der Waals surface area contributed by atoms with Crippen molar-refractivity contribution in [2.24, 2.45) is 0 Å². The molecule has 0 spiro atoms. The first kappa shape index (κ1) is 15.0. The number of rotatable bonds is 3. The predicted octanol–water partition coefficient (Wildman–Crippen LogP) is 1.01. The van der Waals surface area contributed by atoms with Crippen LogP contribution >= 0.6 is 12.4 Å². The number of hydrogen-bond acceptors (Lipinski definition) is 3. The summed E-state index contributed by atoms with van der Waals surface area (Å²) in [6.45, 7) is 1.79. The Morgan fingerprint density at radius 1 is 1.39 bits per heavy atom. The Morgan fingerprint density at radius 2 is 2.11 bits per heavy atom. The van der Waals surface area contributed by atoms with E-state index >= 15 is 0 Å². The van der Waals surface area contributed by atoms with Crippen LogP contribution in [0.2, 0.25) is 0 Å². The number of hydrogen-bond donors (Lipinski definition) is 3. The summed E-state index contributed by atoms with van der Waals surface area (Å²) in [7, 11) is 0. The molecule has 1 saturated heterocycles. The van der Waals surface area contributed by atoms with E-state index in [0.717, 1.165) is 25.9 Å². The van der Waals surface area contributed by atoms with Gasteiger partial charge < -0.3 is 15.7 Å². The molecule has 1 heterocycles. The van der Waals surface area contributed by atoms with Gasteiger partial charge in [0.15, 0.2) is 6.10 Å². The van der Waals surface area contributed by atoms with E-state index in [1.54, 1.807) is 12.1 Å². The van der Waals surface area contributed by atoms with Gasteiger partial charge in [0.2, 0.25) is 0 Å².